The number of hydrogen-bond acceptors (Lipinski definition) is 3. The van der Waals surface area contributed by atoms with Gasteiger partial charge in [0.2, 0.25) is 0 Å². The van der Waals surface area contributed by atoms with Crippen LogP contribution in [-0.4, -0.2) is 25.0 Å². The van der Waals surface area contributed by atoms with E-state index in [-0.39, 0.29) is 17.2 Å². The molecule has 0 bridgehead atoms. The molecule has 110 valence electrons. The van der Waals surface area contributed by atoms with Crippen molar-refractivity contribution in [3.63, 3.8) is 0 Å². The minimum atomic E-state index is -0.585. The normalized spacial score (nSPS) is 10.2. The van der Waals surface area contributed by atoms with Crippen LogP contribution in [0.15, 0.2) is 42.5 Å². The van der Waals surface area contributed by atoms with Crippen LogP contribution in [0, 0.1) is 5.82 Å². The number of anilines is 1. The summed E-state index contributed by atoms with van der Waals surface area (Å²) in [5.74, 6) is -0.0863. The van der Waals surface area contributed by atoms with Gasteiger partial charge in [0.15, 0.2) is 0 Å². The zero-order chi connectivity index (χ0) is 15.4. The number of amides is 1. The number of hydrogen-bond donors (Lipinski definition) is 1. The van der Waals surface area contributed by atoms with E-state index in [0.29, 0.717) is 6.54 Å². The zero-order valence-corrected chi connectivity index (χ0v) is 12.0. The monoisotopic (exact) mass is 288 g/mol. The highest BCUT2D eigenvalue weighted by Gasteiger charge is 2.13. The smallest absolute Gasteiger partial charge is 0.254 e. The average molecular weight is 288 g/mol. The van der Waals surface area contributed by atoms with Crippen LogP contribution in [0.25, 0.3) is 0 Å². The number of carbonyl (C=O) groups excluding carboxylic acids is 1. The largest absolute Gasteiger partial charge is 0.497 e. The van der Waals surface area contributed by atoms with Crippen LogP contribution in [0.5, 0.6) is 5.75 Å². The van der Waals surface area contributed by atoms with Gasteiger partial charge in [-0.1, -0.05) is 12.1 Å². The summed E-state index contributed by atoms with van der Waals surface area (Å²) in [4.78, 5) is 13.8. The molecule has 0 atom stereocenters. The van der Waals surface area contributed by atoms with E-state index in [9.17, 15) is 9.18 Å². The number of rotatable bonds is 4. The summed E-state index contributed by atoms with van der Waals surface area (Å²) < 4.78 is 18.5. The number of ether oxygens (including phenoxy) is 1. The number of nitrogen functional groups attached to an aromatic ring is 1. The van der Waals surface area contributed by atoms with E-state index in [1.807, 2.05) is 24.3 Å². The Bertz CT molecular complexity index is 641. The van der Waals surface area contributed by atoms with Crippen molar-refractivity contribution >= 4 is 11.6 Å². The third-order valence-electron chi connectivity index (χ3n) is 3.17. The predicted octanol–water partition coefficient (Wildman–Crippen LogP) is 2.69. The maximum Gasteiger partial charge on any atom is 0.254 e. The minimum Gasteiger partial charge on any atom is -0.497 e. The van der Waals surface area contributed by atoms with E-state index in [1.165, 1.54) is 17.0 Å². The van der Waals surface area contributed by atoms with Crippen molar-refractivity contribution in [3.05, 3.63) is 59.4 Å². The molecule has 2 N–H and O–H groups in total. The third-order valence-corrected chi connectivity index (χ3v) is 3.17. The second-order valence-electron chi connectivity index (χ2n) is 4.75. The van der Waals surface area contributed by atoms with Gasteiger partial charge in [-0.15, -0.1) is 0 Å². The standard InChI is InChI=1S/C16H17FN2O2/c1-19(10-11-3-6-13(21-2)7-4-11)16(20)12-5-8-15(18)14(17)9-12/h3-9H,10,18H2,1-2H3. The Kier molecular flexibility index (Phi) is 4.42. The lowest BCUT2D eigenvalue weighted by molar-refractivity contribution is 0.0784. The lowest BCUT2D eigenvalue weighted by Crippen LogP contribution is -2.26. The Balaban J connectivity index is 2.09. The van der Waals surface area contributed by atoms with Gasteiger partial charge < -0.3 is 15.4 Å². The lowest BCUT2D eigenvalue weighted by Gasteiger charge is -2.17. The van der Waals surface area contributed by atoms with Gasteiger partial charge in [-0.25, -0.2) is 4.39 Å². The van der Waals surface area contributed by atoms with Crippen LogP contribution >= 0.6 is 0 Å². The van der Waals surface area contributed by atoms with E-state index in [0.717, 1.165) is 17.4 Å². The van der Waals surface area contributed by atoms with E-state index < -0.39 is 5.82 Å². The van der Waals surface area contributed by atoms with E-state index >= 15 is 0 Å². The summed E-state index contributed by atoms with van der Waals surface area (Å²) in [6, 6.07) is 11.5. The Morgan fingerprint density at radius 3 is 2.48 bits per heavy atom. The van der Waals surface area contributed by atoms with Crippen LogP contribution in [0.2, 0.25) is 0 Å². The molecule has 1 amide bonds. The fraction of sp³-hybridized carbons (Fsp3) is 0.188. The summed E-state index contributed by atoms with van der Waals surface area (Å²) in [6.07, 6.45) is 0. The molecule has 2 aromatic rings. The third kappa shape index (κ3) is 3.51. The SMILES string of the molecule is COc1ccc(CN(C)C(=O)c2ccc(N)c(F)c2)cc1. The molecule has 0 saturated heterocycles. The van der Waals surface area contributed by atoms with E-state index in [1.54, 1.807) is 14.2 Å². The molecule has 0 radical (unpaired) electrons. The Hall–Kier alpha value is -2.56. The molecule has 0 spiro atoms. The molecule has 0 aliphatic carbocycles. The van der Waals surface area contributed by atoms with Gasteiger partial charge in [0.25, 0.3) is 5.91 Å². The van der Waals surface area contributed by atoms with Crippen LogP contribution < -0.4 is 10.5 Å². The van der Waals surface area contributed by atoms with E-state index in [4.69, 9.17) is 10.5 Å². The lowest BCUT2D eigenvalue weighted by atomic mass is 10.1. The van der Waals surface area contributed by atoms with Crippen molar-refractivity contribution in [3.8, 4) is 5.75 Å². The molecule has 0 heterocycles. The van der Waals surface area contributed by atoms with Gasteiger partial charge in [-0.3, -0.25) is 4.79 Å². The summed E-state index contributed by atoms with van der Waals surface area (Å²) in [5, 5.41) is 0. The fourth-order valence-electron chi connectivity index (χ4n) is 1.96. The molecule has 5 heteroatoms. The van der Waals surface area contributed by atoms with Crippen molar-refractivity contribution in [1.82, 2.24) is 4.90 Å². The molecular weight excluding hydrogens is 271 g/mol. The Labute approximate surface area is 122 Å². The molecule has 0 fully saturated rings. The highest BCUT2D eigenvalue weighted by Crippen LogP contribution is 2.16. The molecular formula is C16H17FN2O2. The molecule has 21 heavy (non-hydrogen) atoms. The summed E-state index contributed by atoms with van der Waals surface area (Å²) in [5.41, 5.74) is 6.67. The first-order valence-electron chi connectivity index (χ1n) is 6.44. The molecule has 0 unspecified atom stereocenters. The van der Waals surface area contributed by atoms with Crippen LogP contribution in [0.4, 0.5) is 10.1 Å². The number of benzene rings is 2. The first kappa shape index (κ1) is 14.8. The molecule has 0 aromatic heterocycles. The molecule has 2 aromatic carbocycles. The Morgan fingerprint density at radius 2 is 1.90 bits per heavy atom. The highest BCUT2D eigenvalue weighted by molar-refractivity contribution is 5.94. The molecule has 0 aliphatic rings. The van der Waals surface area contributed by atoms with Gasteiger partial charge in [-0.2, -0.15) is 0 Å². The first-order valence-corrected chi connectivity index (χ1v) is 6.44. The topological polar surface area (TPSA) is 55.6 Å². The van der Waals surface area contributed by atoms with Gasteiger partial charge in [-0.05, 0) is 35.9 Å². The molecule has 4 nitrogen and oxygen atoms in total. The predicted molar refractivity (Wildman–Crippen MR) is 79.6 cm³/mol. The molecule has 2 rings (SSSR count). The van der Waals surface area contributed by atoms with E-state index in [2.05, 4.69) is 0 Å². The van der Waals surface area contributed by atoms with Gasteiger partial charge in [0.1, 0.15) is 11.6 Å². The summed E-state index contributed by atoms with van der Waals surface area (Å²) in [7, 11) is 3.27. The quantitative estimate of drug-likeness (QED) is 0.880. The van der Waals surface area contributed by atoms with Gasteiger partial charge in [0.05, 0.1) is 12.8 Å². The maximum atomic E-state index is 13.4. The van der Waals surface area contributed by atoms with Crippen molar-refractivity contribution in [2.75, 3.05) is 19.9 Å². The number of carbonyl (C=O) groups is 1. The van der Waals surface area contributed by atoms with Crippen LogP contribution in [0.1, 0.15) is 15.9 Å². The number of nitrogens with zero attached hydrogens (tertiary/aromatic N) is 1. The zero-order valence-electron chi connectivity index (χ0n) is 12.0. The average Bonchev–Trinajstić information content (AvgIpc) is 2.50. The van der Waals surface area contributed by atoms with Crippen molar-refractivity contribution in [1.29, 1.82) is 0 Å². The molecule has 0 saturated carbocycles. The van der Waals surface area contributed by atoms with Gasteiger partial charge in [0, 0.05) is 19.2 Å². The van der Waals surface area contributed by atoms with Crippen molar-refractivity contribution in [2.45, 2.75) is 6.54 Å². The molecule has 0 aliphatic heterocycles. The Morgan fingerprint density at radius 1 is 1.24 bits per heavy atom. The second kappa shape index (κ2) is 6.26. The van der Waals surface area contributed by atoms with Crippen molar-refractivity contribution in [2.24, 2.45) is 0 Å². The van der Waals surface area contributed by atoms with Gasteiger partial charge >= 0.3 is 0 Å². The maximum absolute atomic E-state index is 13.4. The van der Waals surface area contributed by atoms with Crippen molar-refractivity contribution < 1.29 is 13.9 Å². The number of halogens is 1. The number of methoxy groups -OCH3 is 1. The first-order chi connectivity index (χ1) is 10.0. The summed E-state index contributed by atoms with van der Waals surface area (Å²) in [6.45, 7) is 0.425. The van der Waals surface area contributed by atoms with Crippen LogP contribution in [-0.2, 0) is 6.54 Å². The second-order valence-corrected chi connectivity index (χ2v) is 4.75. The fourth-order valence-corrected chi connectivity index (χ4v) is 1.96. The van der Waals surface area contributed by atoms with Crippen LogP contribution in [0.3, 0.4) is 0 Å². The summed E-state index contributed by atoms with van der Waals surface area (Å²) >= 11 is 0. The minimum absolute atomic E-state index is 0.0318. The highest BCUT2D eigenvalue weighted by atomic mass is 19.1. The number of nitrogens with two attached hydrogens (primary N) is 1.